The number of nitrogens with one attached hydrogen (secondary N) is 1. The molecule has 9 nitrogen and oxygen atoms in total. The van der Waals surface area contributed by atoms with Gasteiger partial charge in [0.25, 0.3) is 11.6 Å². The fourth-order valence-electron chi connectivity index (χ4n) is 3.11. The third kappa shape index (κ3) is 3.69. The average molecular weight is 422 g/mol. The lowest BCUT2D eigenvalue weighted by Gasteiger charge is -2.20. The maximum absolute atomic E-state index is 12.6. The second kappa shape index (κ2) is 7.71. The van der Waals surface area contributed by atoms with Crippen molar-refractivity contribution in [3.63, 3.8) is 0 Å². The Balaban J connectivity index is 1.69. The van der Waals surface area contributed by atoms with Crippen LogP contribution in [0, 0.1) is 21.4 Å². The van der Waals surface area contributed by atoms with E-state index < -0.39 is 10.8 Å². The minimum Gasteiger partial charge on any atom is -0.317 e. The number of amides is 1. The lowest BCUT2D eigenvalue weighted by molar-refractivity contribution is -0.384. The number of hydrogen-bond acceptors (Lipinski definition) is 6. The van der Waals surface area contributed by atoms with E-state index in [0.717, 1.165) is 11.5 Å². The highest BCUT2D eigenvalue weighted by Gasteiger charge is 2.35. The molecule has 0 bridgehead atoms. The Morgan fingerprint density at radius 3 is 2.83 bits per heavy atom. The Bertz CT molecular complexity index is 1160. The zero-order valence-electron chi connectivity index (χ0n) is 16.3. The van der Waals surface area contributed by atoms with Gasteiger partial charge >= 0.3 is 0 Å². The smallest absolute Gasteiger partial charge is 0.283 e. The van der Waals surface area contributed by atoms with E-state index in [1.54, 1.807) is 41.1 Å². The first-order valence-corrected chi connectivity index (χ1v) is 10.1. The van der Waals surface area contributed by atoms with Crippen LogP contribution in [-0.2, 0) is 4.79 Å². The summed E-state index contributed by atoms with van der Waals surface area (Å²) in [6.07, 6.45) is 4.04. The van der Waals surface area contributed by atoms with Crippen LogP contribution >= 0.6 is 11.8 Å². The molecule has 10 heteroatoms. The minimum atomic E-state index is -0.508. The van der Waals surface area contributed by atoms with E-state index in [1.165, 1.54) is 28.9 Å². The van der Waals surface area contributed by atoms with Crippen LogP contribution in [-0.4, -0.2) is 36.5 Å². The Morgan fingerprint density at radius 1 is 1.30 bits per heavy atom. The summed E-state index contributed by atoms with van der Waals surface area (Å²) in [5.41, 5.74) is 1.25. The van der Waals surface area contributed by atoms with Crippen molar-refractivity contribution in [3.05, 3.63) is 64.0 Å². The number of fused-ring (bicyclic) bond motifs is 1. The van der Waals surface area contributed by atoms with E-state index in [2.05, 4.69) is 23.9 Å². The van der Waals surface area contributed by atoms with E-state index in [-0.39, 0.29) is 17.1 Å². The van der Waals surface area contributed by atoms with Gasteiger partial charge in [0.05, 0.1) is 16.2 Å². The zero-order valence-corrected chi connectivity index (χ0v) is 17.1. The zero-order chi connectivity index (χ0) is 21.4. The van der Waals surface area contributed by atoms with Crippen LogP contribution in [0.2, 0.25) is 0 Å². The van der Waals surface area contributed by atoms with Crippen LogP contribution in [0.25, 0.3) is 11.8 Å². The van der Waals surface area contributed by atoms with Gasteiger partial charge in [0.2, 0.25) is 5.17 Å². The highest BCUT2D eigenvalue weighted by atomic mass is 32.2. The maximum atomic E-state index is 12.6. The Morgan fingerprint density at radius 2 is 2.10 bits per heavy atom. The molecule has 1 amide bonds. The van der Waals surface area contributed by atoms with Crippen molar-refractivity contribution in [3.8, 4) is 5.69 Å². The summed E-state index contributed by atoms with van der Waals surface area (Å²) in [7, 11) is 0. The van der Waals surface area contributed by atoms with Gasteiger partial charge in [-0.15, -0.1) is 0 Å². The molecule has 0 saturated heterocycles. The summed E-state index contributed by atoms with van der Waals surface area (Å²) in [4.78, 5) is 27.3. The van der Waals surface area contributed by atoms with Gasteiger partial charge in [0.15, 0.2) is 5.84 Å². The summed E-state index contributed by atoms with van der Waals surface area (Å²) < 4.78 is 1.71. The van der Waals surface area contributed by atoms with Crippen molar-refractivity contribution in [2.45, 2.75) is 20.3 Å². The predicted octanol–water partition coefficient (Wildman–Crippen LogP) is 4.05. The Labute approximate surface area is 176 Å². The molecular weight excluding hydrogens is 404 g/mol. The normalized spacial score (nSPS) is 17.4. The number of thioether (sulfide) groups is 1. The molecule has 2 aliphatic heterocycles. The number of carbonyl (C=O) groups is 1. The van der Waals surface area contributed by atoms with Crippen molar-refractivity contribution in [2.24, 2.45) is 16.0 Å². The number of nitro benzene ring substituents is 1. The quantitative estimate of drug-likeness (QED) is 0.443. The molecule has 3 heterocycles. The van der Waals surface area contributed by atoms with Gasteiger partial charge in [-0.25, -0.2) is 0 Å². The third-order valence-electron chi connectivity index (χ3n) is 4.47. The Hall–Kier alpha value is -3.53. The van der Waals surface area contributed by atoms with Gasteiger partial charge in [-0.1, -0.05) is 19.9 Å². The molecule has 0 atom stereocenters. The summed E-state index contributed by atoms with van der Waals surface area (Å²) >= 11 is 1.31. The molecule has 0 unspecified atom stereocenters. The van der Waals surface area contributed by atoms with Crippen molar-refractivity contribution < 1.29 is 9.72 Å². The number of nitrogens with zero attached hydrogens (tertiary/aromatic N) is 5. The third-order valence-corrected chi connectivity index (χ3v) is 5.40. The molecule has 1 aromatic carbocycles. The summed E-state index contributed by atoms with van der Waals surface area (Å²) in [6.45, 7) is 4.15. The van der Waals surface area contributed by atoms with Crippen LogP contribution in [0.1, 0.15) is 26.0 Å². The second-order valence-corrected chi connectivity index (χ2v) is 8.23. The first-order chi connectivity index (χ1) is 14.3. The molecule has 0 radical (unpaired) electrons. The molecule has 0 saturated carbocycles. The number of hydrogen-bond donors (Lipinski definition) is 1. The number of aromatic nitrogens is 1. The second-order valence-electron chi connectivity index (χ2n) is 7.19. The predicted molar refractivity (Wildman–Crippen MR) is 117 cm³/mol. The molecule has 1 N–H and O–H groups in total. The van der Waals surface area contributed by atoms with Gasteiger partial charge in [0, 0.05) is 30.4 Å². The molecule has 0 aliphatic carbocycles. The molecule has 2 aromatic rings. The lowest BCUT2D eigenvalue weighted by atomic mass is 10.1. The number of hydrazone groups is 1. The highest BCUT2D eigenvalue weighted by molar-refractivity contribution is 8.26. The van der Waals surface area contributed by atoms with Gasteiger partial charge in [-0.05, 0) is 42.0 Å². The number of amidine groups is 2. The minimum absolute atomic E-state index is 0.0309. The van der Waals surface area contributed by atoms with Crippen LogP contribution in [0.4, 0.5) is 5.69 Å². The number of rotatable bonds is 5. The van der Waals surface area contributed by atoms with Crippen molar-refractivity contribution in [1.82, 2.24) is 9.58 Å². The molecule has 2 aliphatic rings. The van der Waals surface area contributed by atoms with Crippen molar-refractivity contribution in [2.75, 3.05) is 0 Å². The standard InChI is InChI=1S/C20H18N6O3S/c1-12(2)9-17-23-25-18(21)16(19(27)22-20(25)30-17)11-14-7-4-8-24(14)13-5-3-6-15(10-13)26(28)29/h3-8,10-12,21H,9H2,1-2H3/b16-11-,21-18?. The molecule has 0 spiro atoms. The van der Waals surface area contributed by atoms with E-state index in [4.69, 9.17) is 5.41 Å². The van der Waals surface area contributed by atoms with Crippen molar-refractivity contribution in [1.29, 1.82) is 5.41 Å². The van der Waals surface area contributed by atoms with E-state index in [0.29, 0.717) is 22.5 Å². The SMILES string of the molecule is CC(C)CC1=NN2C(=N)/C(=C/c3cccn3-c3cccc([N+](=O)[O-])c3)C(=O)N=C2S1. The Kier molecular flexibility index (Phi) is 5.08. The number of carbonyl (C=O) groups excluding carboxylic acids is 1. The molecule has 152 valence electrons. The monoisotopic (exact) mass is 422 g/mol. The first kappa shape index (κ1) is 19.8. The van der Waals surface area contributed by atoms with Gasteiger partial charge in [-0.3, -0.25) is 20.3 Å². The topological polar surface area (TPSA) is 117 Å². The van der Waals surface area contributed by atoms with E-state index >= 15 is 0 Å². The number of benzene rings is 1. The molecule has 1 aromatic heterocycles. The van der Waals surface area contributed by atoms with Crippen LogP contribution in [0.5, 0.6) is 0 Å². The van der Waals surface area contributed by atoms with Crippen molar-refractivity contribution >= 4 is 45.5 Å². The number of non-ortho nitro benzene ring substituents is 1. The fourth-order valence-corrected chi connectivity index (χ4v) is 4.21. The molecular formula is C20H18N6O3S. The number of nitro groups is 1. The fraction of sp³-hybridized carbons (Fsp3) is 0.200. The molecule has 4 rings (SSSR count). The van der Waals surface area contributed by atoms with Crippen LogP contribution in [0.3, 0.4) is 0 Å². The summed E-state index contributed by atoms with van der Waals surface area (Å²) in [6, 6.07) is 9.73. The lowest BCUT2D eigenvalue weighted by Crippen LogP contribution is -2.35. The van der Waals surface area contributed by atoms with Gasteiger partial charge in [-0.2, -0.15) is 15.1 Å². The molecule has 0 fully saturated rings. The van der Waals surface area contributed by atoms with Crippen LogP contribution < -0.4 is 0 Å². The summed E-state index contributed by atoms with van der Waals surface area (Å²) in [5, 5.41) is 26.6. The van der Waals surface area contributed by atoms with Crippen LogP contribution in [0.15, 0.2) is 58.3 Å². The van der Waals surface area contributed by atoms with Gasteiger partial charge in [0.1, 0.15) is 5.04 Å². The average Bonchev–Trinajstić information content (AvgIpc) is 3.31. The first-order valence-electron chi connectivity index (χ1n) is 9.25. The maximum Gasteiger partial charge on any atom is 0.283 e. The molecule has 30 heavy (non-hydrogen) atoms. The van der Waals surface area contributed by atoms with E-state index in [1.807, 2.05) is 0 Å². The largest absolute Gasteiger partial charge is 0.317 e. The van der Waals surface area contributed by atoms with Gasteiger partial charge < -0.3 is 4.57 Å². The van der Waals surface area contributed by atoms with E-state index in [9.17, 15) is 14.9 Å². The number of aliphatic imine (C=N–C) groups is 1. The summed E-state index contributed by atoms with van der Waals surface area (Å²) in [5.74, 6) is -0.147. The highest BCUT2D eigenvalue weighted by Crippen LogP contribution is 2.31.